The Hall–Kier alpha value is -2.41. The molecule has 166 valence electrons. The minimum atomic E-state index is -0.132. The smallest absolute Gasteiger partial charge is 0.309 e. The number of carbonyl (C=O) groups is 3. The van der Waals surface area contributed by atoms with Gasteiger partial charge in [0.2, 0.25) is 5.91 Å². The summed E-state index contributed by atoms with van der Waals surface area (Å²) in [6, 6.07) is 7.07. The summed E-state index contributed by atoms with van der Waals surface area (Å²) in [7, 11) is 0. The molecule has 0 radical (unpaired) electrons. The van der Waals surface area contributed by atoms with Gasteiger partial charge in [-0.25, -0.2) is 0 Å². The summed E-state index contributed by atoms with van der Waals surface area (Å²) >= 11 is 0. The van der Waals surface area contributed by atoms with Crippen LogP contribution in [0.4, 0.5) is 5.69 Å². The molecule has 1 aromatic rings. The Bertz CT molecular complexity index is 691. The molecule has 1 aliphatic heterocycles. The van der Waals surface area contributed by atoms with Crippen LogP contribution in [0.5, 0.6) is 0 Å². The van der Waals surface area contributed by atoms with Gasteiger partial charge in [-0.15, -0.1) is 0 Å². The molecule has 0 aromatic heterocycles. The van der Waals surface area contributed by atoms with Crippen LogP contribution in [-0.4, -0.2) is 66.9 Å². The first kappa shape index (κ1) is 23.9. The normalized spacial score (nSPS) is 14.9. The molecule has 1 N–H and O–H groups in total. The second kappa shape index (κ2) is 12.3. The van der Waals surface area contributed by atoms with E-state index in [4.69, 9.17) is 4.74 Å². The molecular weight excluding hydrogens is 382 g/mol. The maximum atomic E-state index is 12.6. The van der Waals surface area contributed by atoms with Crippen molar-refractivity contribution < 1.29 is 19.1 Å². The molecule has 0 saturated carbocycles. The zero-order valence-electron chi connectivity index (χ0n) is 18.5. The highest BCUT2D eigenvalue weighted by molar-refractivity contribution is 5.96. The minimum Gasteiger partial charge on any atom is -0.466 e. The van der Waals surface area contributed by atoms with Gasteiger partial charge in [0.1, 0.15) is 0 Å². The minimum absolute atomic E-state index is 0.0287. The zero-order chi connectivity index (χ0) is 21.9. The van der Waals surface area contributed by atoms with Gasteiger partial charge in [-0.3, -0.25) is 19.3 Å². The van der Waals surface area contributed by atoms with E-state index in [2.05, 4.69) is 24.1 Å². The number of carbonyl (C=O) groups excluding carboxylic acids is 3. The van der Waals surface area contributed by atoms with Crippen LogP contribution >= 0.6 is 0 Å². The van der Waals surface area contributed by atoms with E-state index < -0.39 is 0 Å². The number of benzene rings is 1. The summed E-state index contributed by atoms with van der Waals surface area (Å²) in [5.41, 5.74) is 1.31. The van der Waals surface area contributed by atoms with Crippen molar-refractivity contribution in [1.82, 2.24) is 9.80 Å². The average Bonchev–Trinajstić information content (AvgIpc) is 2.74. The summed E-state index contributed by atoms with van der Waals surface area (Å²) in [5.74, 6) is -0.259. The Balaban J connectivity index is 1.82. The first-order valence-corrected chi connectivity index (χ1v) is 11.1. The van der Waals surface area contributed by atoms with Crippen molar-refractivity contribution in [3.8, 4) is 0 Å². The number of hydrogen-bond donors (Lipinski definition) is 1. The molecule has 0 unspecified atom stereocenters. The summed E-state index contributed by atoms with van der Waals surface area (Å²) in [6.07, 6.45) is 3.29. The molecule has 1 aromatic carbocycles. The Kier molecular flexibility index (Phi) is 9.80. The fraction of sp³-hybridized carbons (Fsp3) is 0.609. The van der Waals surface area contributed by atoms with Crippen molar-refractivity contribution >= 4 is 23.5 Å². The predicted octanol–water partition coefficient (Wildman–Crippen LogP) is 3.16. The van der Waals surface area contributed by atoms with Gasteiger partial charge in [0, 0.05) is 24.3 Å². The Morgan fingerprint density at radius 1 is 1.03 bits per heavy atom. The lowest BCUT2D eigenvalue weighted by molar-refractivity contribution is -0.149. The molecule has 7 heteroatoms. The predicted molar refractivity (Wildman–Crippen MR) is 117 cm³/mol. The maximum absolute atomic E-state index is 12.6. The van der Waals surface area contributed by atoms with E-state index in [1.54, 1.807) is 24.3 Å². The molecule has 0 bridgehead atoms. The van der Waals surface area contributed by atoms with Gasteiger partial charge in [0.15, 0.2) is 0 Å². The molecule has 2 amide bonds. The van der Waals surface area contributed by atoms with Gasteiger partial charge in [-0.05, 0) is 70.0 Å². The van der Waals surface area contributed by atoms with Crippen LogP contribution in [0.1, 0.15) is 56.8 Å². The third-order valence-corrected chi connectivity index (χ3v) is 5.26. The van der Waals surface area contributed by atoms with Crippen LogP contribution in [0.25, 0.3) is 0 Å². The molecule has 1 saturated heterocycles. The first-order valence-electron chi connectivity index (χ1n) is 11.1. The van der Waals surface area contributed by atoms with Gasteiger partial charge in [0.25, 0.3) is 5.91 Å². The van der Waals surface area contributed by atoms with Gasteiger partial charge in [-0.1, -0.05) is 13.8 Å². The second-order valence-electron chi connectivity index (χ2n) is 7.72. The van der Waals surface area contributed by atoms with Crippen LogP contribution in [0.3, 0.4) is 0 Å². The fourth-order valence-corrected chi connectivity index (χ4v) is 3.72. The lowest BCUT2D eigenvalue weighted by Gasteiger charge is -2.30. The van der Waals surface area contributed by atoms with E-state index in [1.807, 2.05) is 11.8 Å². The summed E-state index contributed by atoms with van der Waals surface area (Å²) < 4.78 is 5.08. The topological polar surface area (TPSA) is 79.0 Å². The van der Waals surface area contributed by atoms with E-state index >= 15 is 0 Å². The molecule has 1 fully saturated rings. The van der Waals surface area contributed by atoms with Crippen LogP contribution in [0.2, 0.25) is 0 Å². The SMILES string of the molecule is CCCN(CCC)C(=O)c1ccc(NC(=O)CN2CCC(C(=O)OCC)CC2)cc1. The Morgan fingerprint density at radius 3 is 2.17 bits per heavy atom. The lowest BCUT2D eigenvalue weighted by atomic mass is 9.97. The van der Waals surface area contributed by atoms with Crippen molar-refractivity contribution in [2.24, 2.45) is 5.92 Å². The molecule has 1 aliphatic rings. The summed E-state index contributed by atoms with van der Waals surface area (Å²) in [5, 5.41) is 2.89. The molecule has 2 rings (SSSR count). The number of anilines is 1. The third-order valence-electron chi connectivity index (χ3n) is 5.26. The highest BCUT2D eigenvalue weighted by atomic mass is 16.5. The van der Waals surface area contributed by atoms with Gasteiger partial charge >= 0.3 is 5.97 Å². The quantitative estimate of drug-likeness (QED) is 0.592. The fourth-order valence-electron chi connectivity index (χ4n) is 3.72. The third kappa shape index (κ3) is 7.13. The maximum Gasteiger partial charge on any atom is 0.309 e. The van der Waals surface area contributed by atoms with Crippen molar-refractivity contribution in [3.05, 3.63) is 29.8 Å². The number of amides is 2. The average molecular weight is 418 g/mol. The lowest BCUT2D eigenvalue weighted by Crippen LogP contribution is -2.41. The number of nitrogens with one attached hydrogen (secondary N) is 1. The monoisotopic (exact) mass is 417 g/mol. The van der Waals surface area contributed by atoms with E-state index in [0.717, 1.165) is 38.8 Å². The van der Waals surface area contributed by atoms with Crippen molar-refractivity contribution in [2.45, 2.75) is 46.5 Å². The largest absolute Gasteiger partial charge is 0.466 e. The Morgan fingerprint density at radius 2 is 1.63 bits per heavy atom. The summed E-state index contributed by atoms with van der Waals surface area (Å²) in [6.45, 7) is 9.53. The second-order valence-corrected chi connectivity index (χ2v) is 7.72. The van der Waals surface area contributed by atoms with Gasteiger partial charge in [-0.2, -0.15) is 0 Å². The molecule has 0 atom stereocenters. The van der Waals surface area contributed by atoms with E-state index in [9.17, 15) is 14.4 Å². The highest BCUT2D eigenvalue weighted by Crippen LogP contribution is 2.19. The summed E-state index contributed by atoms with van der Waals surface area (Å²) in [4.78, 5) is 40.7. The van der Waals surface area contributed by atoms with Crippen molar-refractivity contribution in [1.29, 1.82) is 0 Å². The zero-order valence-corrected chi connectivity index (χ0v) is 18.5. The molecule has 1 heterocycles. The molecule has 0 spiro atoms. The van der Waals surface area contributed by atoms with Gasteiger partial charge in [0.05, 0.1) is 19.1 Å². The number of likely N-dealkylation sites (tertiary alicyclic amines) is 1. The van der Waals surface area contributed by atoms with Crippen LogP contribution in [0.15, 0.2) is 24.3 Å². The number of ether oxygens (including phenoxy) is 1. The van der Waals surface area contributed by atoms with E-state index in [0.29, 0.717) is 30.9 Å². The molecule has 30 heavy (non-hydrogen) atoms. The van der Waals surface area contributed by atoms with Crippen molar-refractivity contribution in [3.63, 3.8) is 0 Å². The van der Waals surface area contributed by atoms with Crippen LogP contribution in [0, 0.1) is 5.92 Å². The molecule has 0 aliphatic carbocycles. The number of rotatable bonds is 10. The van der Waals surface area contributed by atoms with E-state index in [-0.39, 0.29) is 30.2 Å². The number of hydrogen-bond acceptors (Lipinski definition) is 5. The van der Waals surface area contributed by atoms with Crippen LogP contribution in [-0.2, 0) is 14.3 Å². The molecular formula is C23H35N3O4. The van der Waals surface area contributed by atoms with E-state index in [1.165, 1.54) is 0 Å². The van der Waals surface area contributed by atoms with Gasteiger partial charge < -0.3 is 15.0 Å². The van der Waals surface area contributed by atoms with Crippen molar-refractivity contribution in [2.75, 3.05) is 44.6 Å². The molecule has 7 nitrogen and oxygen atoms in total. The first-order chi connectivity index (χ1) is 14.5. The number of nitrogens with zero attached hydrogens (tertiary/aromatic N) is 2. The van der Waals surface area contributed by atoms with Crippen LogP contribution < -0.4 is 5.32 Å². The number of esters is 1. The highest BCUT2D eigenvalue weighted by Gasteiger charge is 2.26. The standard InChI is InChI=1S/C23H35N3O4/c1-4-13-26(14-5-2)22(28)18-7-9-20(10-8-18)24-21(27)17-25-15-11-19(12-16-25)23(29)30-6-3/h7-10,19H,4-6,11-17H2,1-3H3,(H,24,27). The number of piperidine rings is 1. The Labute approximate surface area is 179 Å².